The van der Waals surface area contributed by atoms with Crippen LogP contribution in [-0.4, -0.2) is 57.0 Å². The van der Waals surface area contributed by atoms with E-state index in [-0.39, 0.29) is 11.4 Å². The van der Waals surface area contributed by atoms with E-state index >= 15 is 0 Å². The van der Waals surface area contributed by atoms with Crippen molar-refractivity contribution in [1.29, 1.82) is 0 Å². The third-order valence-electron chi connectivity index (χ3n) is 7.44. The molecule has 4 aromatic carbocycles. The Kier molecular flexibility index (Phi) is 10.9. The molecular weight excluding hydrogens is 630 g/mol. The molecule has 5 N–H and O–H groups in total. The molecule has 1 atom stereocenters. The summed E-state index contributed by atoms with van der Waals surface area (Å²) >= 11 is 0. The molecule has 1 heterocycles. The number of nitrogens with zero attached hydrogens (tertiary/aromatic N) is 3. The van der Waals surface area contributed by atoms with Gasteiger partial charge in [0.1, 0.15) is 5.82 Å². The van der Waals surface area contributed by atoms with E-state index in [1.54, 1.807) is 51.5 Å². The first-order valence-electron chi connectivity index (χ1n) is 15.0. The third-order valence-corrected chi connectivity index (χ3v) is 8.87. The van der Waals surface area contributed by atoms with Crippen molar-refractivity contribution in [2.24, 2.45) is 5.10 Å². The summed E-state index contributed by atoms with van der Waals surface area (Å²) in [7, 11) is 0.899. The van der Waals surface area contributed by atoms with Crippen molar-refractivity contribution >= 4 is 39.0 Å². The van der Waals surface area contributed by atoms with Crippen molar-refractivity contribution in [2.75, 3.05) is 43.9 Å². The van der Waals surface area contributed by atoms with E-state index in [4.69, 9.17) is 19.4 Å². The summed E-state index contributed by atoms with van der Waals surface area (Å²) in [6, 6.07) is 30.8. The van der Waals surface area contributed by atoms with Gasteiger partial charge in [0, 0.05) is 12.2 Å². The summed E-state index contributed by atoms with van der Waals surface area (Å²) < 4.78 is 37.4. The molecule has 5 rings (SSSR count). The Hall–Kier alpha value is -5.50. The minimum Gasteiger partial charge on any atom is -0.493 e. The molecule has 5 aromatic rings. The van der Waals surface area contributed by atoms with Crippen LogP contribution in [-0.2, 0) is 10.0 Å². The van der Waals surface area contributed by atoms with Crippen LogP contribution in [0.1, 0.15) is 24.2 Å². The highest BCUT2D eigenvalue weighted by Gasteiger charge is 2.19. The summed E-state index contributed by atoms with van der Waals surface area (Å²) in [4.78, 5) is 9.76. The number of anilines is 4. The number of hydrogen-bond donors (Lipinski definition) is 5. The fourth-order valence-corrected chi connectivity index (χ4v) is 5.55. The van der Waals surface area contributed by atoms with Crippen LogP contribution in [0, 0.1) is 0 Å². The lowest BCUT2D eigenvalue weighted by Crippen LogP contribution is -2.18. The van der Waals surface area contributed by atoms with Crippen molar-refractivity contribution in [1.82, 2.24) is 14.7 Å². The maximum atomic E-state index is 12.2. The molecule has 1 aromatic heterocycles. The number of sulfonamides is 1. The van der Waals surface area contributed by atoms with E-state index in [9.17, 15) is 13.5 Å². The predicted molar refractivity (Wildman–Crippen MR) is 189 cm³/mol. The molecular formula is C35H37N7O5S. The summed E-state index contributed by atoms with van der Waals surface area (Å²) in [5.74, 6) is 2.21. The Labute approximate surface area is 280 Å². The van der Waals surface area contributed by atoms with Crippen LogP contribution in [0.4, 0.5) is 23.3 Å². The minimum absolute atomic E-state index is 0.112. The van der Waals surface area contributed by atoms with Gasteiger partial charge in [-0.3, -0.25) is 5.43 Å². The van der Waals surface area contributed by atoms with Gasteiger partial charge in [-0.05, 0) is 67.1 Å². The molecule has 13 heteroatoms. The van der Waals surface area contributed by atoms with Gasteiger partial charge in [0.2, 0.25) is 16.0 Å². The van der Waals surface area contributed by atoms with Crippen LogP contribution in [0.15, 0.2) is 113 Å². The maximum absolute atomic E-state index is 12.2. The molecule has 48 heavy (non-hydrogen) atoms. The number of hydrogen-bond acceptors (Lipinski definition) is 11. The first-order chi connectivity index (χ1) is 23.2. The number of benzene rings is 4. The molecule has 0 radical (unpaired) electrons. The minimum atomic E-state index is -3.57. The Bertz CT molecular complexity index is 1980. The molecule has 248 valence electrons. The summed E-state index contributed by atoms with van der Waals surface area (Å²) in [5.41, 5.74) is 7.27. The van der Waals surface area contributed by atoms with Gasteiger partial charge < -0.3 is 25.2 Å². The second kappa shape index (κ2) is 15.4. The normalized spacial score (nSPS) is 12.2. The van der Waals surface area contributed by atoms with E-state index in [1.807, 2.05) is 60.7 Å². The van der Waals surface area contributed by atoms with E-state index in [2.05, 4.69) is 25.9 Å². The van der Waals surface area contributed by atoms with Crippen LogP contribution >= 0.6 is 0 Å². The molecule has 0 aliphatic carbocycles. The fraction of sp³-hybridized carbons (Fsp3) is 0.171. The van der Waals surface area contributed by atoms with Crippen LogP contribution in [0.5, 0.6) is 11.5 Å². The monoisotopic (exact) mass is 667 g/mol. The molecule has 0 saturated heterocycles. The number of para-hydroxylation sites is 1. The lowest BCUT2D eigenvalue weighted by molar-refractivity contribution is 0.191. The second-order valence-electron chi connectivity index (χ2n) is 10.5. The molecule has 0 amide bonds. The van der Waals surface area contributed by atoms with Crippen LogP contribution in [0.25, 0.3) is 11.1 Å². The van der Waals surface area contributed by atoms with E-state index in [0.29, 0.717) is 51.5 Å². The zero-order chi connectivity index (χ0) is 34.1. The number of aromatic nitrogens is 2. The highest BCUT2D eigenvalue weighted by atomic mass is 32.2. The van der Waals surface area contributed by atoms with Crippen molar-refractivity contribution in [3.8, 4) is 22.6 Å². The van der Waals surface area contributed by atoms with Gasteiger partial charge in [0.15, 0.2) is 17.3 Å². The Morgan fingerprint density at radius 1 is 0.854 bits per heavy atom. The van der Waals surface area contributed by atoms with Gasteiger partial charge in [0.05, 0.1) is 36.5 Å². The highest BCUT2D eigenvalue weighted by Crippen LogP contribution is 2.36. The molecule has 1 unspecified atom stereocenters. The molecule has 0 fully saturated rings. The van der Waals surface area contributed by atoms with Crippen molar-refractivity contribution in [3.05, 3.63) is 114 Å². The van der Waals surface area contributed by atoms with E-state index < -0.39 is 16.1 Å². The van der Waals surface area contributed by atoms with Crippen LogP contribution in [0.2, 0.25) is 0 Å². The standard InChI is InChI=1S/C35H37N7O5S/c1-23(24-15-18-28(19-16-24)48(44,45)36-2)41-42-34-32(25-11-7-5-8-12-25)33(39-35(40-34)38-27-13-9-6-10-14-27)37-22-29(43)26-17-20-30(46-3)31(21-26)47-4/h5-21,29,36,43H,22H2,1-4H3,(H3,37,38,39,40,42). The average molecular weight is 668 g/mol. The van der Waals surface area contributed by atoms with Gasteiger partial charge in [0.25, 0.3) is 0 Å². The zero-order valence-electron chi connectivity index (χ0n) is 26.9. The number of hydrazone groups is 1. The highest BCUT2D eigenvalue weighted by molar-refractivity contribution is 7.89. The quantitative estimate of drug-likeness (QED) is 0.0724. The Balaban J connectivity index is 1.52. The molecule has 12 nitrogen and oxygen atoms in total. The zero-order valence-corrected chi connectivity index (χ0v) is 27.7. The number of aliphatic hydroxyl groups is 1. The molecule has 0 bridgehead atoms. The van der Waals surface area contributed by atoms with Gasteiger partial charge >= 0.3 is 0 Å². The van der Waals surface area contributed by atoms with Crippen LogP contribution < -0.4 is 30.3 Å². The average Bonchev–Trinajstić information content (AvgIpc) is 3.13. The lowest BCUT2D eigenvalue weighted by Gasteiger charge is -2.19. The first kappa shape index (κ1) is 33.9. The molecule has 0 aliphatic rings. The second-order valence-corrected chi connectivity index (χ2v) is 12.4. The molecule has 0 spiro atoms. The maximum Gasteiger partial charge on any atom is 0.240 e. The molecule has 0 aliphatic heterocycles. The summed E-state index contributed by atoms with van der Waals surface area (Å²) in [6.07, 6.45) is -0.916. The molecule has 0 saturated carbocycles. The number of aliphatic hydroxyl groups excluding tert-OH is 1. The largest absolute Gasteiger partial charge is 0.493 e. The van der Waals surface area contributed by atoms with Crippen LogP contribution in [0.3, 0.4) is 0 Å². The van der Waals surface area contributed by atoms with Gasteiger partial charge in [-0.25, -0.2) is 13.1 Å². The van der Waals surface area contributed by atoms with Crippen molar-refractivity contribution in [2.45, 2.75) is 17.9 Å². The summed E-state index contributed by atoms with van der Waals surface area (Å²) in [5, 5.41) is 22.4. The van der Waals surface area contributed by atoms with Gasteiger partial charge in [-0.1, -0.05) is 66.7 Å². The Morgan fingerprint density at radius 2 is 1.50 bits per heavy atom. The van der Waals surface area contributed by atoms with Crippen molar-refractivity contribution < 1.29 is 23.0 Å². The Morgan fingerprint density at radius 3 is 2.15 bits per heavy atom. The van der Waals surface area contributed by atoms with Gasteiger partial charge in [-0.15, -0.1) is 0 Å². The number of methoxy groups -OCH3 is 2. The summed E-state index contributed by atoms with van der Waals surface area (Å²) in [6.45, 7) is 1.92. The number of rotatable bonds is 14. The van der Waals surface area contributed by atoms with E-state index in [0.717, 1.165) is 11.3 Å². The SMILES string of the molecule is CNS(=O)(=O)c1ccc(C(C)=NNc2nc(Nc3ccccc3)nc(NCC(O)c3ccc(OC)c(OC)c3)c2-c2ccccc2)cc1. The lowest BCUT2D eigenvalue weighted by atomic mass is 10.1. The predicted octanol–water partition coefficient (Wildman–Crippen LogP) is 5.79. The fourth-order valence-electron chi connectivity index (χ4n) is 4.82. The number of nitrogens with one attached hydrogen (secondary N) is 4. The third kappa shape index (κ3) is 8.07. The smallest absolute Gasteiger partial charge is 0.240 e. The number of ether oxygens (including phenoxy) is 2. The van der Waals surface area contributed by atoms with E-state index in [1.165, 1.54) is 19.2 Å². The van der Waals surface area contributed by atoms with Gasteiger partial charge in [-0.2, -0.15) is 15.1 Å². The topological polar surface area (TPSA) is 159 Å². The first-order valence-corrected chi connectivity index (χ1v) is 16.5. The van der Waals surface area contributed by atoms with Crippen molar-refractivity contribution in [3.63, 3.8) is 0 Å².